The molecule has 34 heavy (non-hydrogen) atoms. The van der Waals surface area contributed by atoms with Crippen molar-refractivity contribution in [3.8, 4) is 0 Å². The maximum absolute atomic E-state index is 12.5. The Morgan fingerprint density at radius 3 is 2.44 bits per heavy atom. The summed E-state index contributed by atoms with van der Waals surface area (Å²) in [5, 5.41) is 11.3. The molecular formula is C22H30N6O6. The van der Waals surface area contributed by atoms with E-state index < -0.39 is 5.91 Å². The average molecular weight is 475 g/mol. The standard InChI is InChI=1S/C22H30N6O6/c1-3-20(29)18-13-16-12-17(14-23-21(16)25-18)24-22(30)19-15-28(27-26-19)4-5-32-8-9-34-11-10-33-7-6-31-2/h12-15H,3-11H2,1-2H3,(H,23,25)(H,24,30). The van der Waals surface area contributed by atoms with E-state index in [0.29, 0.717) is 76.2 Å². The molecule has 3 aromatic rings. The summed E-state index contributed by atoms with van der Waals surface area (Å²) < 4.78 is 22.6. The van der Waals surface area contributed by atoms with Gasteiger partial charge in [0.15, 0.2) is 11.5 Å². The summed E-state index contributed by atoms with van der Waals surface area (Å²) in [6.45, 7) is 5.70. The molecule has 0 aliphatic carbocycles. The first-order valence-corrected chi connectivity index (χ1v) is 11.1. The fraction of sp³-hybridized carbons (Fsp3) is 0.500. The molecule has 12 nitrogen and oxygen atoms in total. The number of rotatable bonds is 16. The molecule has 0 aliphatic heterocycles. The van der Waals surface area contributed by atoms with Crippen molar-refractivity contribution in [3.05, 3.63) is 35.9 Å². The van der Waals surface area contributed by atoms with Crippen molar-refractivity contribution in [1.82, 2.24) is 25.0 Å². The first kappa shape index (κ1) is 25.4. The van der Waals surface area contributed by atoms with Crippen LogP contribution in [0.15, 0.2) is 24.5 Å². The van der Waals surface area contributed by atoms with Gasteiger partial charge in [-0.25, -0.2) is 9.67 Å². The van der Waals surface area contributed by atoms with Gasteiger partial charge in [-0.3, -0.25) is 9.59 Å². The predicted molar refractivity (Wildman–Crippen MR) is 123 cm³/mol. The van der Waals surface area contributed by atoms with Gasteiger partial charge < -0.3 is 29.2 Å². The molecule has 0 atom stereocenters. The Kier molecular flexibility index (Phi) is 10.1. The Labute approximate surface area is 196 Å². The largest absolute Gasteiger partial charge is 0.382 e. The van der Waals surface area contributed by atoms with Gasteiger partial charge in [-0.2, -0.15) is 0 Å². The zero-order valence-corrected chi connectivity index (χ0v) is 19.4. The molecule has 0 bridgehead atoms. The highest BCUT2D eigenvalue weighted by Crippen LogP contribution is 2.19. The summed E-state index contributed by atoms with van der Waals surface area (Å²) >= 11 is 0. The number of nitrogens with zero attached hydrogens (tertiary/aromatic N) is 4. The number of anilines is 1. The summed E-state index contributed by atoms with van der Waals surface area (Å²) in [5.74, 6) is -0.408. The van der Waals surface area contributed by atoms with Gasteiger partial charge in [0.2, 0.25) is 0 Å². The number of fused-ring (bicyclic) bond motifs is 1. The number of aromatic nitrogens is 5. The number of ketones is 1. The van der Waals surface area contributed by atoms with Crippen LogP contribution in [-0.4, -0.2) is 90.0 Å². The normalized spacial score (nSPS) is 11.2. The molecule has 3 rings (SSSR count). The molecule has 12 heteroatoms. The third-order valence-electron chi connectivity index (χ3n) is 4.76. The van der Waals surface area contributed by atoms with Gasteiger partial charge in [0, 0.05) is 18.9 Å². The zero-order chi connectivity index (χ0) is 24.2. The average Bonchev–Trinajstić information content (AvgIpc) is 3.49. The molecule has 0 aromatic carbocycles. The second-order valence-corrected chi connectivity index (χ2v) is 7.27. The topological polar surface area (TPSA) is 142 Å². The minimum absolute atomic E-state index is 0.0000248. The zero-order valence-electron chi connectivity index (χ0n) is 19.4. The number of carbonyl (C=O) groups is 2. The Hall–Kier alpha value is -3.19. The van der Waals surface area contributed by atoms with Crippen LogP contribution in [0.1, 0.15) is 34.3 Å². The second kappa shape index (κ2) is 13.5. The number of pyridine rings is 1. The number of aromatic amines is 1. The summed E-state index contributed by atoms with van der Waals surface area (Å²) in [7, 11) is 1.63. The summed E-state index contributed by atoms with van der Waals surface area (Å²) in [5.41, 5.74) is 1.75. The van der Waals surface area contributed by atoms with E-state index in [2.05, 4.69) is 25.6 Å². The molecular weight excluding hydrogens is 444 g/mol. The van der Waals surface area contributed by atoms with Crippen LogP contribution >= 0.6 is 0 Å². The highest BCUT2D eigenvalue weighted by atomic mass is 16.6. The third kappa shape index (κ3) is 7.70. The molecule has 3 aromatic heterocycles. The second-order valence-electron chi connectivity index (χ2n) is 7.27. The van der Waals surface area contributed by atoms with Crippen LogP contribution in [-0.2, 0) is 25.5 Å². The molecule has 0 spiro atoms. The number of methoxy groups -OCH3 is 1. The number of carbonyl (C=O) groups excluding carboxylic acids is 2. The monoisotopic (exact) mass is 474 g/mol. The maximum Gasteiger partial charge on any atom is 0.277 e. The molecule has 1 amide bonds. The van der Waals surface area contributed by atoms with Gasteiger partial charge in [-0.05, 0) is 12.1 Å². The molecule has 0 unspecified atom stereocenters. The number of ether oxygens (including phenoxy) is 4. The van der Waals surface area contributed by atoms with Crippen LogP contribution in [0.5, 0.6) is 0 Å². The Morgan fingerprint density at radius 2 is 1.74 bits per heavy atom. The molecule has 0 aliphatic rings. The number of hydrogen-bond donors (Lipinski definition) is 2. The van der Waals surface area contributed by atoms with Crippen molar-refractivity contribution in [2.45, 2.75) is 19.9 Å². The van der Waals surface area contributed by atoms with Crippen molar-refractivity contribution >= 4 is 28.4 Å². The first-order valence-electron chi connectivity index (χ1n) is 11.1. The van der Waals surface area contributed by atoms with E-state index in [1.807, 2.05) is 0 Å². The first-order chi connectivity index (χ1) is 16.6. The lowest BCUT2D eigenvalue weighted by Gasteiger charge is -2.06. The number of H-pyrrole nitrogens is 1. The molecule has 0 saturated heterocycles. The van der Waals surface area contributed by atoms with Gasteiger partial charge in [0.05, 0.1) is 76.6 Å². The molecule has 2 N–H and O–H groups in total. The fourth-order valence-corrected chi connectivity index (χ4v) is 2.97. The van der Waals surface area contributed by atoms with Gasteiger partial charge >= 0.3 is 0 Å². The van der Waals surface area contributed by atoms with Gasteiger partial charge in [-0.15, -0.1) is 5.10 Å². The van der Waals surface area contributed by atoms with Crippen LogP contribution in [0.4, 0.5) is 5.69 Å². The van der Waals surface area contributed by atoms with E-state index in [1.165, 1.54) is 10.9 Å². The fourth-order valence-electron chi connectivity index (χ4n) is 2.97. The van der Waals surface area contributed by atoms with E-state index in [0.717, 1.165) is 5.39 Å². The van der Waals surface area contributed by atoms with Crippen LogP contribution in [0.2, 0.25) is 0 Å². The van der Waals surface area contributed by atoms with Crippen molar-refractivity contribution < 1.29 is 28.5 Å². The summed E-state index contributed by atoms with van der Waals surface area (Å²) in [6, 6.07) is 3.47. The highest BCUT2D eigenvalue weighted by Gasteiger charge is 2.13. The Morgan fingerprint density at radius 1 is 1.03 bits per heavy atom. The Bertz CT molecular complexity index is 1070. The number of nitrogens with one attached hydrogen (secondary N) is 2. The lowest BCUT2D eigenvalue weighted by atomic mass is 10.2. The molecule has 0 radical (unpaired) electrons. The Balaban J connectivity index is 1.37. The lowest BCUT2D eigenvalue weighted by molar-refractivity contribution is 0.00244. The van der Waals surface area contributed by atoms with Gasteiger partial charge in [0.1, 0.15) is 5.65 Å². The predicted octanol–water partition coefficient (Wildman–Crippen LogP) is 1.70. The van der Waals surface area contributed by atoms with Crippen LogP contribution in [0, 0.1) is 0 Å². The number of hydrogen-bond acceptors (Lipinski definition) is 9. The highest BCUT2D eigenvalue weighted by molar-refractivity contribution is 6.04. The smallest absolute Gasteiger partial charge is 0.277 e. The van der Waals surface area contributed by atoms with Gasteiger partial charge in [-0.1, -0.05) is 12.1 Å². The van der Waals surface area contributed by atoms with Crippen molar-refractivity contribution in [2.24, 2.45) is 0 Å². The van der Waals surface area contributed by atoms with Crippen LogP contribution < -0.4 is 5.32 Å². The van der Waals surface area contributed by atoms with E-state index in [1.54, 1.807) is 32.4 Å². The maximum atomic E-state index is 12.5. The number of amides is 1. The minimum atomic E-state index is -0.408. The van der Waals surface area contributed by atoms with Crippen molar-refractivity contribution in [3.63, 3.8) is 0 Å². The third-order valence-corrected chi connectivity index (χ3v) is 4.76. The number of Topliss-reactive ketones (excluding diaryl/α,β-unsaturated/α-hetero) is 1. The van der Waals surface area contributed by atoms with Gasteiger partial charge in [0.25, 0.3) is 5.91 Å². The van der Waals surface area contributed by atoms with E-state index in [9.17, 15) is 9.59 Å². The SMILES string of the molecule is CCC(=O)c1cc2cc(NC(=O)c3cn(CCOCCOCCOCCOC)nn3)cnc2[nH]1. The van der Waals surface area contributed by atoms with E-state index in [4.69, 9.17) is 18.9 Å². The molecule has 184 valence electrons. The minimum Gasteiger partial charge on any atom is -0.382 e. The summed E-state index contributed by atoms with van der Waals surface area (Å²) in [6.07, 6.45) is 3.46. The summed E-state index contributed by atoms with van der Waals surface area (Å²) in [4.78, 5) is 31.6. The van der Waals surface area contributed by atoms with Crippen molar-refractivity contribution in [1.29, 1.82) is 0 Å². The van der Waals surface area contributed by atoms with E-state index in [-0.39, 0.29) is 11.5 Å². The van der Waals surface area contributed by atoms with Crippen molar-refractivity contribution in [2.75, 3.05) is 58.7 Å². The molecule has 0 saturated carbocycles. The van der Waals surface area contributed by atoms with Crippen LogP contribution in [0.3, 0.4) is 0 Å². The van der Waals surface area contributed by atoms with E-state index >= 15 is 0 Å². The van der Waals surface area contributed by atoms with Crippen LogP contribution in [0.25, 0.3) is 11.0 Å². The lowest BCUT2D eigenvalue weighted by Crippen LogP contribution is -2.13. The quantitative estimate of drug-likeness (QED) is 0.234. The molecule has 3 heterocycles. The molecule has 0 fully saturated rings.